The summed E-state index contributed by atoms with van der Waals surface area (Å²) in [5.41, 5.74) is 1.43. The Bertz CT molecular complexity index is 841. The first kappa shape index (κ1) is 18.5. The molecule has 0 unspecified atom stereocenters. The van der Waals surface area contributed by atoms with E-state index in [-0.39, 0.29) is 12.3 Å². The molecular weight excluding hydrogens is 357 g/mol. The quantitative estimate of drug-likeness (QED) is 0.680. The molecule has 0 spiro atoms. The van der Waals surface area contributed by atoms with E-state index >= 15 is 0 Å². The largest absolute Gasteiger partial charge is 0.370 e. The van der Waals surface area contributed by atoms with Gasteiger partial charge in [-0.05, 0) is 30.5 Å². The van der Waals surface area contributed by atoms with Crippen LogP contribution in [0.25, 0.3) is 0 Å². The number of nitrogens with zero attached hydrogens (tertiary/aromatic N) is 3. The summed E-state index contributed by atoms with van der Waals surface area (Å²) in [6.45, 7) is 2.61. The van der Waals surface area contributed by atoms with E-state index < -0.39 is 15.8 Å². The van der Waals surface area contributed by atoms with Crippen LogP contribution in [0, 0.1) is 5.82 Å². The third-order valence-corrected chi connectivity index (χ3v) is 5.47. The first-order valence-electron chi connectivity index (χ1n) is 8.55. The lowest BCUT2D eigenvalue weighted by Gasteiger charge is -2.17. The van der Waals surface area contributed by atoms with E-state index in [9.17, 15) is 12.8 Å². The molecule has 9 heteroatoms. The molecule has 1 fully saturated rings. The molecular formula is C17H22FN5O2S. The van der Waals surface area contributed by atoms with Crippen molar-refractivity contribution in [1.82, 2.24) is 14.9 Å². The van der Waals surface area contributed by atoms with Crippen LogP contribution in [0.3, 0.4) is 0 Å². The van der Waals surface area contributed by atoms with E-state index in [1.54, 1.807) is 12.3 Å². The lowest BCUT2D eigenvalue weighted by atomic mass is 10.2. The molecule has 1 aromatic carbocycles. The number of benzene rings is 1. The molecule has 7 nitrogen and oxygen atoms in total. The molecule has 2 heterocycles. The molecule has 0 radical (unpaired) electrons. The molecule has 26 heavy (non-hydrogen) atoms. The second-order valence-corrected chi connectivity index (χ2v) is 8.01. The van der Waals surface area contributed by atoms with Gasteiger partial charge in [0.25, 0.3) is 0 Å². The Kier molecular flexibility index (Phi) is 6.00. The predicted molar refractivity (Wildman–Crippen MR) is 99.0 cm³/mol. The average molecular weight is 379 g/mol. The van der Waals surface area contributed by atoms with Gasteiger partial charge in [-0.1, -0.05) is 12.1 Å². The van der Waals surface area contributed by atoms with Gasteiger partial charge < -0.3 is 10.2 Å². The number of sulfonamides is 1. The maximum absolute atomic E-state index is 13.1. The first-order valence-corrected chi connectivity index (χ1v) is 10.2. The fraction of sp³-hybridized carbons (Fsp3) is 0.412. The SMILES string of the molecule is O=S(=O)(Cc1cccc(F)c1)NCCNc1cc(N2CCCC2)cnn1. The maximum Gasteiger partial charge on any atom is 0.215 e. The van der Waals surface area contributed by atoms with Crippen molar-refractivity contribution in [2.24, 2.45) is 0 Å². The Morgan fingerprint density at radius 1 is 1.15 bits per heavy atom. The summed E-state index contributed by atoms with van der Waals surface area (Å²) in [5.74, 6) is -0.0933. The van der Waals surface area contributed by atoms with Crippen molar-refractivity contribution in [2.45, 2.75) is 18.6 Å². The van der Waals surface area contributed by atoms with Gasteiger partial charge in [0, 0.05) is 32.2 Å². The number of halogens is 1. The minimum Gasteiger partial charge on any atom is -0.370 e. The van der Waals surface area contributed by atoms with Gasteiger partial charge in [0.15, 0.2) is 5.82 Å². The standard InChI is InChI=1S/C17H22FN5O2S/c18-15-5-3-4-14(10-15)13-26(24,25)21-7-6-19-17-11-16(12-20-22-17)23-8-1-2-9-23/h3-5,10-12,21H,1-2,6-9,13H2,(H,19,22). The van der Waals surface area contributed by atoms with Crippen molar-refractivity contribution < 1.29 is 12.8 Å². The molecule has 0 amide bonds. The summed E-state index contributed by atoms with van der Waals surface area (Å²) >= 11 is 0. The van der Waals surface area contributed by atoms with Gasteiger partial charge in [-0.3, -0.25) is 0 Å². The summed E-state index contributed by atoms with van der Waals surface area (Å²) in [7, 11) is -3.53. The fourth-order valence-electron chi connectivity index (χ4n) is 2.89. The van der Waals surface area contributed by atoms with Crippen LogP contribution in [0.1, 0.15) is 18.4 Å². The normalized spacial score (nSPS) is 14.6. The van der Waals surface area contributed by atoms with Crippen molar-refractivity contribution >= 4 is 21.5 Å². The summed E-state index contributed by atoms with van der Waals surface area (Å²) < 4.78 is 39.7. The average Bonchev–Trinajstić information content (AvgIpc) is 3.13. The monoisotopic (exact) mass is 379 g/mol. The van der Waals surface area contributed by atoms with Crippen molar-refractivity contribution in [3.05, 3.63) is 47.9 Å². The Balaban J connectivity index is 1.46. The third kappa shape index (κ3) is 5.37. The molecule has 0 atom stereocenters. The molecule has 2 N–H and O–H groups in total. The van der Waals surface area contributed by atoms with Gasteiger partial charge in [0.1, 0.15) is 5.82 Å². The van der Waals surface area contributed by atoms with Crippen molar-refractivity contribution in [1.29, 1.82) is 0 Å². The van der Waals surface area contributed by atoms with E-state index in [0.717, 1.165) is 18.8 Å². The van der Waals surface area contributed by atoms with Crippen LogP contribution in [0.15, 0.2) is 36.5 Å². The van der Waals surface area contributed by atoms with Gasteiger partial charge in [0.05, 0.1) is 17.6 Å². The van der Waals surface area contributed by atoms with Crippen LogP contribution in [0.5, 0.6) is 0 Å². The summed E-state index contributed by atoms with van der Waals surface area (Å²) in [6, 6.07) is 7.50. The van der Waals surface area contributed by atoms with E-state index in [1.165, 1.54) is 31.0 Å². The zero-order chi connectivity index (χ0) is 18.4. The van der Waals surface area contributed by atoms with Crippen molar-refractivity contribution in [2.75, 3.05) is 36.4 Å². The maximum atomic E-state index is 13.1. The van der Waals surface area contributed by atoms with Crippen molar-refractivity contribution in [3.8, 4) is 0 Å². The minimum atomic E-state index is -3.53. The minimum absolute atomic E-state index is 0.202. The van der Waals surface area contributed by atoms with Gasteiger partial charge in [-0.25, -0.2) is 17.5 Å². The van der Waals surface area contributed by atoms with E-state index in [1.807, 2.05) is 6.07 Å². The van der Waals surface area contributed by atoms with E-state index in [2.05, 4.69) is 25.1 Å². The smallest absolute Gasteiger partial charge is 0.215 e. The zero-order valence-corrected chi connectivity index (χ0v) is 15.2. The Morgan fingerprint density at radius 2 is 1.96 bits per heavy atom. The molecule has 3 rings (SSSR count). The lowest BCUT2D eigenvalue weighted by molar-refractivity contribution is 0.581. The van der Waals surface area contributed by atoms with Crippen LogP contribution < -0.4 is 14.9 Å². The summed E-state index contributed by atoms with van der Waals surface area (Å²) in [5, 5.41) is 11.1. The molecule has 0 saturated carbocycles. The Morgan fingerprint density at radius 3 is 2.73 bits per heavy atom. The van der Waals surface area contributed by atoms with Crippen LogP contribution in [-0.4, -0.2) is 44.8 Å². The number of hydrogen-bond acceptors (Lipinski definition) is 6. The number of anilines is 2. The van der Waals surface area contributed by atoms with Gasteiger partial charge in [-0.2, -0.15) is 5.10 Å². The van der Waals surface area contributed by atoms with Gasteiger partial charge in [-0.15, -0.1) is 5.10 Å². The highest BCUT2D eigenvalue weighted by Crippen LogP contribution is 2.20. The number of aromatic nitrogens is 2. The first-order chi connectivity index (χ1) is 12.5. The Hall–Kier alpha value is -2.26. The number of nitrogens with one attached hydrogen (secondary N) is 2. The van der Waals surface area contributed by atoms with Crippen LogP contribution >= 0.6 is 0 Å². The second kappa shape index (κ2) is 8.41. The summed E-state index contributed by atoms with van der Waals surface area (Å²) in [4.78, 5) is 2.25. The topological polar surface area (TPSA) is 87.2 Å². The van der Waals surface area contributed by atoms with Gasteiger partial charge >= 0.3 is 0 Å². The predicted octanol–water partition coefficient (Wildman–Crippen LogP) is 1.75. The Labute approximate surface area is 152 Å². The highest BCUT2D eigenvalue weighted by atomic mass is 32.2. The van der Waals surface area contributed by atoms with Crippen molar-refractivity contribution in [3.63, 3.8) is 0 Å². The molecule has 0 bridgehead atoms. The third-order valence-electron chi connectivity index (χ3n) is 4.11. The molecule has 1 aliphatic heterocycles. The molecule has 2 aromatic rings. The van der Waals surface area contributed by atoms with E-state index in [4.69, 9.17) is 0 Å². The summed E-state index contributed by atoms with van der Waals surface area (Å²) in [6.07, 6.45) is 4.09. The van der Waals surface area contributed by atoms with Gasteiger partial charge in [0.2, 0.25) is 10.0 Å². The highest BCUT2D eigenvalue weighted by molar-refractivity contribution is 7.88. The zero-order valence-electron chi connectivity index (χ0n) is 14.4. The van der Waals surface area contributed by atoms with Crippen LogP contribution in [0.4, 0.5) is 15.9 Å². The lowest BCUT2D eigenvalue weighted by Crippen LogP contribution is -2.30. The number of hydrogen-bond donors (Lipinski definition) is 2. The van der Waals surface area contributed by atoms with Crippen LogP contribution in [0.2, 0.25) is 0 Å². The number of rotatable bonds is 8. The van der Waals surface area contributed by atoms with E-state index in [0.29, 0.717) is 17.9 Å². The second-order valence-electron chi connectivity index (χ2n) is 6.20. The molecule has 0 aliphatic carbocycles. The molecule has 1 aromatic heterocycles. The molecule has 1 aliphatic rings. The molecule has 1 saturated heterocycles. The fourth-order valence-corrected chi connectivity index (χ4v) is 4.02. The highest BCUT2D eigenvalue weighted by Gasteiger charge is 2.14. The molecule has 140 valence electrons. The van der Waals surface area contributed by atoms with Crippen LogP contribution in [-0.2, 0) is 15.8 Å².